The molecular weight excluding hydrogens is 374 g/mol. The first-order chi connectivity index (χ1) is 13.7. The quantitative estimate of drug-likeness (QED) is 0.533. The second-order valence-electron chi connectivity index (χ2n) is 7.48. The molecule has 2 heterocycles. The molecule has 29 heavy (non-hydrogen) atoms. The molecule has 1 aromatic carbocycles. The van der Waals surface area contributed by atoms with Gasteiger partial charge in [0.25, 0.3) is 5.56 Å². The van der Waals surface area contributed by atoms with Crippen LogP contribution in [0.25, 0.3) is 11.2 Å². The number of aromatic hydroxyl groups is 1. The van der Waals surface area contributed by atoms with Crippen LogP contribution in [0, 0.1) is 6.92 Å². The molecule has 9 nitrogen and oxygen atoms in total. The van der Waals surface area contributed by atoms with Crippen LogP contribution >= 0.6 is 0 Å². The number of aryl methyl sites for hydroxylation is 3. The van der Waals surface area contributed by atoms with Gasteiger partial charge < -0.3 is 20.1 Å². The lowest BCUT2D eigenvalue weighted by Crippen LogP contribution is -2.37. The number of phenols is 1. The zero-order valence-electron chi connectivity index (χ0n) is 17.1. The molecule has 0 saturated heterocycles. The summed E-state index contributed by atoms with van der Waals surface area (Å²) in [7, 11) is 3.05. The Kier molecular flexibility index (Phi) is 5.90. The minimum Gasteiger partial charge on any atom is -0.508 e. The summed E-state index contributed by atoms with van der Waals surface area (Å²) in [5, 5.41) is 23.3. The van der Waals surface area contributed by atoms with E-state index in [1.54, 1.807) is 43.1 Å². The molecule has 0 aliphatic heterocycles. The standard InChI is InChI=1S/C20H27N5O4/c1-12-9-14(5-6-15(12)26)16(27)10-21-13(2)7-8-25-11-22-18-17(25)19(28)24(4)20(29)23(18)3/h5-6,9,11,13,16,21,26-27H,7-8,10H2,1-4H3/t13-,16+/m0/s1. The first-order valence-corrected chi connectivity index (χ1v) is 9.52. The van der Waals surface area contributed by atoms with Crippen molar-refractivity contribution in [1.29, 1.82) is 0 Å². The molecule has 3 N–H and O–H groups in total. The molecule has 2 aromatic heterocycles. The third-order valence-corrected chi connectivity index (χ3v) is 5.29. The number of aromatic nitrogens is 4. The Morgan fingerprint density at radius 2 is 1.93 bits per heavy atom. The smallest absolute Gasteiger partial charge is 0.332 e. The van der Waals surface area contributed by atoms with Crippen LogP contribution in [0.5, 0.6) is 5.75 Å². The summed E-state index contributed by atoms with van der Waals surface area (Å²) in [6, 6.07) is 5.13. The highest BCUT2D eigenvalue weighted by atomic mass is 16.3. The van der Waals surface area contributed by atoms with Gasteiger partial charge in [-0.25, -0.2) is 9.78 Å². The lowest BCUT2D eigenvalue weighted by molar-refractivity contribution is 0.169. The molecule has 0 saturated carbocycles. The van der Waals surface area contributed by atoms with Crippen molar-refractivity contribution in [2.24, 2.45) is 14.1 Å². The predicted molar refractivity (Wildman–Crippen MR) is 110 cm³/mol. The van der Waals surface area contributed by atoms with Gasteiger partial charge in [-0.2, -0.15) is 0 Å². The largest absolute Gasteiger partial charge is 0.508 e. The number of aliphatic hydroxyl groups is 1. The van der Waals surface area contributed by atoms with Crippen LogP contribution in [-0.4, -0.2) is 41.5 Å². The fraction of sp³-hybridized carbons (Fsp3) is 0.450. The van der Waals surface area contributed by atoms with Crippen LogP contribution in [-0.2, 0) is 20.6 Å². The third kappa shape index (κ3) is 4.10. The first kappa shape index (κ1) is 20.8. The van der Waals surface area contributed by atoms with Crippen molar-refractivity contribution >= 4 is 11.2 Å². The van der Waals surface area contributed by atoms with Gasteiger partial charge in [-0.1, -0.05) is 6.07 Å². The van der Waals surface area contributed by atoms with Gasteiger partial charge in [-0.05, 0) is 43.5 Å². The molecule has 3 rings (SSSR count). The topological polar surface area (TPSA) is 114 Å². The van der Waals surface area contributed by atoms with Crippen LogP contribution in [0.1, 0.15) is 30.6 Å². The number of phenolic OH excluding ortho intramolecular Hbond substituents is 1. The van der Waals surface area contributed by atoms with E-state index in [9.17, 15) is 19.8 Å². The van der Waals surface area contributed by atoms with Gasteiger partial charge in [0.05, 0.1) is 12.4 Å². The Hall–Kier alpha value is -2.91. The van der Waals surface area contributed by atoms with Crippen molar-refractivity contribution in [2.45, 2.75) is 39.0 Å². The number of imidazole rings is 1. The van der Waals surface area contributed by atoms with E-state index < -0.39 is 11.8 Å². The number of benzene rings is 1. The number of hydrogen-bond acceptors (Lipinski definition) is 6. The van der Waals surface area contributed by atoms with Gasteiger partial charge >= 0.3 is 5.69 Å². The second kappa shape index (κ2) is 8.22. The highest BCUT2D eigenvalue weighted by Gasteiger charge is 2.15. The van der Waals surface area contributed by atoms with E-state index in [0.29, 0.717) is 30.7 Å². The van der Waals surface area contributed by atoms with E-state index in [1.807, 2.05) is 6.92 Å². The van der Waals surface area contributed by atoms with Gasteiger partial charge in [0.15, 0.2) is 11.2 Å². The molecule has 0 bridgehead atoms. The molecule has 0 radical (unpaired) electrons. The van der Waals surface area contributed by atoms with Crippen LogP contribution in [0.3, 0.4) is 0 Å². The van der Waals surface area contributed by atoms with E-state index in [2.05, 4.69) is 10.3 Å². The molecule has 156 valence electrons. The summed E-state index contributed by atoms with van der Waals surface area (Å²) >= 11 is 0. The number of nitrogens with one attached hydrogen (secondary N) is 1. The van der Waals surface area contributed by atoms with E-state index in [0.717, 1.165) is 15.7 Å². The number of rotatable bonds is 7. The Labute approximate surface area is 167 Å². The number of hydrogen-bond donors (Lipinski definition) is 3. The Balaban J connectivity index is 1.64. The normalized spacial score (nSPS) is 13.7. The fourth-order valence-electron chi connectivity index (χ4n) is 3.32. The lowest BCUT2D eigenvalue weighted by Gasteiger charge is -2.18. The molecule has 0 unspecified atom stereocenters. The SMILES string of the molecule is Cc1cc([C@H](O)CN[C@@H](C)CCn2cnc3c2c(=O)n(C)c(=O)n3C)ccc1O. The van der Waals surface area contributed by atoms with Gasteiger partial charge in [0, 0.05) is 33.2 Å². The molecule has 0 spiro atoms. The van der Waals surface area contributed by atoms with Crippen LogP contribution in [0.2, 0.25) is 0 Å². The van der Waals surface area contributed by atoms with E-state index in [4.69, 9.17) is 0 Å². The summed E-state index contributed by atoms with van der Waals surface area (Å²) in [5.41, 5.74) is 1.47. The minimum absolute atomic E-state index is 0.0803. The average Bonchev–Trinajstić information content (AvgIpc) is 3.13. The fourth-order valence-corrected chi connectivity index (χ4v) is 3.32. The summed E-state index contributed by atoms with van der Waals surface area (Å²) in [6.45, 7) is 4.71. The molecule has 2 atom stereocenters. The summed E-state index contributed by atoms with van der Waals surface area (Å²) in [4.78, 5) is 28.7. The molecule has 0 aliphatic rings. The maximum atomic E-state index is 12.5. The predicted octanol–water partition coefficient (Wildman–Crippen LogP) is 0.550. The molecule has 0 aliphatic carbocycles. The van der Waals surface area contributed by atoms with E-state index in [-0.39, 0.29) is 17.4 Å². The Morgan fingerprint density at radius 3 is 2.62 bits per heavy atom. The maximum absolute atomic E-state index is 12.5. The summed E-state index contributed by atoms with van der Waals surface area (Å²) < 4.78 is 4.21. The minimum atomic E-state index is -0.687. The molecule has 9 heteroatoms. The summed E-state index contributed by atoms with van der Waals surface area (Å²) in [5.74, 6) is 0.207. The van der Waals surface area contributed by atoms with Crippen molar-refractivity contribution in [3.63, 3.8) is 0 Å². The second-order valence-corrected chi connectivity index (χ2v) is 7.48. The highest BCUT2D eigenvalue weighted by molar-refractivity contribution is 5.69. The number of nitrogens with zero attached hydrogens (tertiary/aromatic N) is 4. The van der Waals surface area contributed by atoms with E-state index in [1.165, 1.54) is 11.6 Å². The first-order valence-electron chi connectivity index (χ1n) is 9.52. The summed E-state index contributed by atoms with van der Waals surface area (Å²) in [6.07, 6.45) is 1.60. The van der Waals surface area contributed by atoms with E-state index >= 15 is 0 Å². The Bertz CT molecular complexity index is 1140. The van der Waals surface area contributed by atoms with Gasteiger partial charge in [-0.15, -0.1) is 0 Å². The molecule has 3 aromatic rings. The van der Waals surface area contributed by atoms with Crippen LogP contribution < -0.4 is 16.6 Å². The molecule has 0 amide bonds. The zero-order valence-corrected chi connectivity index (χ0v) is 17.1. The van der Waals surface area contributed by atoms with Crippen molar-refractivity contribution in [2.75, 3.05) is 6.54 Å². The monoisotopic (exact) mass is 401 g/mol. The maximum Gasteiger partial charge on any atom is 0.332 e. The van der Waals surface area contributed by atoms with Crippen LogP contribution in [0.4, 0.5) is 0 Å². The number of aliphatic hydroxyl groups excluding tert-OH is 1. The van der Waals surface area contributed by atoms with Crippen molar-refractivity contribution in [3.8, 4) is 5.75 Å². The Morgan fingerprint density at radius 1 is 1.21 bits per heavy atom. The highest BCUT2D eigenvalue weighted by Crippen LogP contribution is 2.21. The average molecular weight is 401 g/mol. The van der Waals surface area contributed by atoms with Gasteiger partial charge in [0.1, 0.15) is 5.75 Å². The van der Waals surface area contributed by atoms with Crippen LogP contribution in [0.15, 0.2) is 34.1 Å². The van der Waals surface area contributed by atoms with Gasteiger partial charge in [0.2, 0.25) is 0 Å². The van der Waals surface area contributed by atoms with Gasteiger partial charge in [-0.3, -0.25) is 13.9 Å². The molecule has 0 fully saturated rings. The van der Waals surface area contributed by atoms with Crippen molar-refractivity contribution in [1.82, 2.24) is 24.0 Å². The third-order valence-electron chi connectivity index (χ3n) is 5.29. The molecular formula is C20H27N5O4. The lowest BCUT2D eigenvalue weighted by atomic mass is 10.1. The van der Waals surface area contributed by atoms with Crippen molar-refractivity contribution in [3.05, 3.63) is 56.5 Å². The zero-order chi connectivity index (χ0) is 21.3. The number of fused-ring (bicyclic) bond motifs is 1. The van der Waals surface area contributed by atoms with Crippen molar-refractivity contribution < 1.29 is 10.2 Å².